The number of nitrogens with two attached hydrogens (primary N) is 1. The van der Waals surface area contributed by atoms with Gasteiger partial charge in [0.2, 0.25) is 5.95 Å². The molecule has 0 amide bonds. The van der Waals surface area contributed by atoms with Crippen molar-refractivity contribution < 1.29 is 0 Å². The summed E-state index contributed by atoms with van der Waals surface area (Å²) in [6.45, 7) is 1.85. The summed E-state index contributed by atoms with van der Waals surface area (Å²) in [5.41, 5.74) is 5.60. The largest absolute Gasteiger partial charge is 0.368 e. The highest BCUT2D eigenvalue weighted by Gasteiger charge is 2.14. The fourth-order valence-corrected chi connectivity index (χ4v) is 3.23. The molecule has 0 saturated heterocycles. The summed E-state index contributed by atoms with van der Waals surface area (Å²) in [6.07, 6.45) is 6.81. The van der Waals surface area contributed by atoms with E-state index in [2.05, 4.69) is 15.0 Å². The predicted octanol–water partition coefficient (Wildman–Crippen LogP) is 2.33. The molecule has 0 atom stereocenters. The summed E-state index contributed by atoms with van der Waals surface area (Å²) in [7, 11) is 0. The fourth-order valence-electron chi connectivity index (χ4n) is 2.05. The molecule has 5 heteroatoms. The monoisotopic (exact) mass is 238 g/mol. The Morgan fingerprint density at radius 2 is 1.94 bits per heavy atom. The van der Waals surface area contributed by atoms with E-state index in [0.29, 0.717) is 11.8 Å². The molecule has 2 N–H and O–H groups in total. The van der Waals surface area contributed by atoms with Gasteiger partial charge in [-0.2, -0.15) is 21.7 Å². The Morgan fingerprint density at radius 3 is 2.62 bits per heavy atom. The van der Waals surface area contributed by atoms with E-state index in [1.54, 1.807) is 0 Å². The second-order valence-corrected chi connectivity index (χ2v) is 5.52. The molecule has 1 aromatic heterocycles. The second kappa shape index (κ2) is 5.48. The molecule has 1 fully saturated rings. The van der Waals surface area contributed by atoms with Crippen molar-refractivity contribution in [3.05, 3.63) is 11.6 Å². The molecule has 1 saturated carbocycles. The van der Waals surface area contributed by atoms with Crippen molar-refractivity contribution in [2.45, 2.75) is 50.0 Å². The van der Waals surface area contributed by atoms with Crippen molar-refractivity contribution in [2.75, 3.05) is 5.73 Å². The maximum absolute atomic E-state index is 5.60. The number of hydrogen-bond acceptors (Lipinski definition) is 5. The van der Waals surface area contributed by atoms with Gasteiger partial charge in [0.05, 0.1) is 5.75 Å². The van der Waals surface area contributed by atoms with Crippen molar-refractivity contribution in [2.24, 2.45) is 0 Å². The lowest BCUT2D eigenvalue weighted by atomic mass is 10.0. The maximum Gasteiger partial charge on any atom is 0.223 e. The number of thioether (sulfide) groups is 1. The Bertz CT molecular complexity index is 330. The first-order chi connectivity index (χ1) is 7.74. The fraction of sp³-hybridized carbons (Fsp3) is 0.727. The number of anilines is 1. The van der Waals surface area contributed by atoms with Crippen LogP contribution in [0.3, 0.4) is 0 Å². The van der Waals surface area contributed by atoms with Crippen LogP contribution in [0.4, 0.5) is 5.95 Å². The van der Waals surface area contributed by atoms with E-state index in [9.17, 15) is 0 Å². The molecule has 88 valence electrons. The minimum absolute atomic E-state index is 0.340. The van der Waals surface area contributed by atoms with Crippen LogP contribution in [-0.2, 0) is 5.75 Å². The molecule has 0 radical (unpaired) electrons. The Balaban J connectivity index is 1.88. The summed E-state index contributed by atoms with van der Waals surface area (Å²) in [4.78, 5) is 12.4. The van der Waals surface area contributed by atoms with Crippen molar-refractivity contribution in [1.29, 1.82) is 0 Å². The van der Waals surface area contributed by atoms with Gasteiger partial charge in [-0.25, -0.2) is 4.98 Å². The zero-order valence-electron chi connectivity index (χ0n) is 9.65. The van der Waals surface area contributed by atoms with Crippen LogP contribution >= 0.6 is 11.8 Å². The van der Waals surface area contributed by atoms with Gasteiger partial charge >= 0.3 is 0 Å². The predicted molar refractivity (Wildman–Crippen MR) is 67.1 cm³/mol. The zero-order chi connectivity index (χ0) is 11.4. The normalized spacial score (nSPS) is 17.6. The van der Waals surface area contributed by atoms with E-state index in [1.807, 2.05) is 18.7 Å². The van der Waals surface area contributed by atoms with E-state index in [4.69, 9.17) is 5.73 Å². The number of nitrogen functional groups attached to an aromatic ring is 1. The summed E-state index contributed by atoms with van der Waals surface area (Å²) in [5.74, 6) is 2.73. The van der Waals surface area contributed by atoms with Crippen LogP contribution in [0, 0.1) is 6.92 Å². The molecule has 0 bridgehead atoms. The molecule has 1 aliphatic carbocycles. The zero-order valence-corrected chi connectivity index (χ0v) is 10.5. The van der Waals surface area contributed by atoms with Crippen molar-refractivity contribution in [1.82, 2.24) is 15.0 Å². The SMILES string of the molecule is Cc1nc(N)nc(CSC2CCCCC2)n1. The number of aryl methyl sites for hydroxylation is 1. The number of hydrogen-bond donors (Lipinski definition) is 1. The van der Waals surface area contributed by atoms with Crippen LogP contribution < -0.4 is 5.73 Å². The summed E-state index contributed by atoms with van der Waals surface area (Å²) >= 11 is 1.96. The molecule has 1 heterocycles. The maximum atomic E-state index is 5.60. The van der Waals surface area contributed by atoms with E-state index >= 15 is 0 Å². The Kier molecular flexibility index (Phi) is 3.98. The van der Waals surface area contributed by atoms with Crippen molar-refractivity contribution in [3.63, 3.8) is 0 Å². The smallest absolute Gasteiger partial charge is 0.223 e. The Hall–Kier alpha value is -0.840. The van der Waals surface area contributed by atoms with Crippen LogP contribution in [0.2, 0.25) is 0 Å². The summed E-state index contributed by atoms with van der Waals surface area (Å²) in [5, 5.41) is 0.784. The Morgan fingerprint density at radius 1 is 1.19 bits per heavy atom. The molecule has 16 heavy (non-hydrogen) atoms. The standard InChI is InChI=1S/C11H18N4S/c1-8-13-10(15-11(12)14-8)7-16-9-5-3-2-4-6-9/h9H,2-7H2,1H3,(H2,12,13,14,15). The van der Waals surface area contributed by atoms with E-state index in [1.165, 1.54) is 32.1 Å². The first kappa shape index (κ1) is 11.6. The van der Waals surface area contributed by atoms with Crippen molar-refractivity contribution in [3.8, 4) is 0 Å². The molecule has 0 aromatic carbocycles. The van der Waals surface area contributed by atoms with Gasteiger partial charge in [0.25, 0.3) is 0 Å². The third-order valence-electron chi connectivity index (χ3n) is 2.81. The minimum atomic E-state index is 0.340. The number of rotatable bonds is 3. The molecule has 1 aromatic rings. The molecule has 1 aliphatic rings. The van der Waals surface area contributed by atoms with Crippen LogP contribution in [0.15, 0.2) is 0 Å². The van der Waals surface area contributed by atoms with E-state index in [-0.39, 0.29) is 0 Å². The van der Waals surface area contributed by atoms with Gasteiger partial charge in [-0.1, -0.05) is 19.3 Å². The average molecular weight is 238 g/mol. The van der Waals surface area contributed by atoms with Crippen LogP contribution in [0.25, 0.3) is 0 Å². The first-order valence-corrected chi connectivity index (χ1v) is 6.87. The number of nitrogens with zero attached hydrogens (tertiary/aromatic N) is 3. The van der Waals surface area contributed by atoms with Gasteiger partial charge in [-0.3, -0.25) is 0 Å². The molecular formula is C11H18N4S. The van der Waals surface area contributed by atoms with Gasteiger partial charge in [0.1, 0.15) is 11.6 Å². The van der Waals surface area contributed by atoms with Gasteiger partial charge < -0.3 is 5.73 Å². The third-order valence-corrected chi connectivity index (χ3v) is 4.18. The van der Waals surface area contributed by atoms with Crippen LogP contribution in [0.1, 0.15) is 43.8 Å². The highest BCUT2D eigenvalue weighted by Crippen LogP contribution is 2.29. The van der Waals surface area contributed by atoms with Gasteiger partial charge in [-0.05, 0) is 19.8 Å². The molecular weight excluding hydrogens is 220 g/mol. The molecule has 0 aliphatic heterocycles. The lowest BCUT2D eigenvalue weighted by molar-refractivity contribution is 0.516. The first-order valence-electron chi connectivity index (χ1n) is 5.82. The van der Waals surface area contributed by atoms with Gasteiger partial charge in [0, 0.05) is 5.25 Å². The van der Waals surface area contributed by atoms with Gasteiger partial charge in [0.15, 0.2) is 0 Å². The lowest BCUT2D eigenvalue weighted by Crippen LogP contribution is -2.10. The second-order valence-electron chi connectivity index (χ2n) is 4.23. The van der Waals surface area contributed by atoms with Gasteiger partial charge in [-0.15, -0.1) is 0 Å². The minimum Gasteiger partial charge on any atom is -0.368 e. The lowest BCUT2D eigenvalue weighted by Gasteiger charge is -2.20. The highest BCUT2D eigenvalue weighted by molar-refractivity contribution is 7.99. The Labute approximate surface area is 100 Å². The number of aromatic nitrogens is 3. The molecule has 0 unspecified atom stereocenters. The van der Waals surface area contributed by atoms with Crippen LogP contribution in [-0.4, -0.2) is 20.2 Å². The third kappa shape index (κ3) is 3.33. The summed E-state index contributed by atoms with van der Waals surface area (Å²) in [6, 6.07) is 0. The van der Waals surface area contributed by atoms with E-state index in [0.717, 1.165) is 16.8 Å². The molecule has 4 nitrogen and oxygen atoms in total. The average Bonchev–Trinajstić information content (AvgIpc) is 2.27. The molecule has 2 rings (SSSR count). The van der Waals surface area contributed by atoms with E-state index < -0.39 is 0 Å². The van der Waals surface area contributed by atoms with Crippen molar-refractivity contribution >= 4 is 17.7 Å². The molecule has 0 spiro atoms. The van der Waals surface area contributed by atoms with Crippen LogP contribution in [0.5, 0.6) is 0 Å². The highest BCUT2D eigenvalue weighted by atomic mass is 32.2. The topological polar surface area (TPSA) is 64.7 Å². The quantitative estimate of drug-likeness (QED) is 0.875. The summed E-state index contributed by atoms with van der Waals surface area (Å²) < 4.78 is 0.